The van der Waals surface area contributed by atoms with E-state index in [4.69, 9.17) is 4.74 Å². The van der Waals surface area contributed by atoms with Gasteiger partial charge in [-0.25, -0.2) is 0 Å². The van der Waals surface area contributed by atoms with Crippen LogP contribution in [0.3, 0.4) is 0 Å². The average Bonchev–Trinajstić information content (AvgIpc) is 2.40. The zero-order valence-corrected chi connectivity index (χ0v) is 10.0. The highest BCUT2D eigenvalue weighted by Crippen LogP contribution is 2.12. The summed E-state index contributed by atoms with van der Waals surface area (Å²) in [6.45, 7) is 4.08. The van der Waals surface area contributed by atoms with Crippen molar-refractivity contribution in [1.29, 1.82) is 0 Å². The van der Waals surface area contributed by atoms with Gasteiger partial charge in [-0.05, 0) is 24.1 Å². The monoisotopic (exact) mass is 234 g/mol. The van der Waals surface area contributed by atoms with Crippen LogP contribution in [0.5, 0.6) is 0 Å². The number of hydrogen-bond donors (Lipinski definition) is 2. The summed E-state index contributed by atoms with van der Waals surface area (Å²) in [5.74, 6) is -0.0783. The molecule has 0 aromatic heterocycles. The summed E-state index contributed by atoms with van der Waals surface area (Å²) in [5, 5.41) is 6.02. The number of ether oxygens (including phenoxy) is 1. The van der Waals surface area contributed by atoms with Crippen LogP contribution in [0.1, 0.15) is 12.5 Å². The van der Waals surface area contributed by atoms with Gasteiger partial charge in [0.1, 0.15) is 6.10 Å². The number of rotatable bonds is 3. The van der Waals surface area contributed by atoms with Crippen LogP contribution in [0.25, 0.3) is 0 Å². The minimum atomic E-state index is -0.381. The van der Waals surface area contributed by atoms with Gasteiger partial charge in [0.05, 0.1) is 6.61 Å². The van der Waals surface area contributed by atoms with E-state index in [1.165, 1.54) is 5.56 Å². The predicted molar refractivity (Wildman–Crippen MR) is 67.1 cm³/mol. The van der Waals surface area contributed by atoms with Crippen LogP contribution >= 0.6 is 0 Å². The van der Waals surface area contributed by atoms with Crippen molar-refractivity contribution in [2.45, 2.75) is 19.4 Å². The molecule has 1 heterocycles. The molecular weight excluding hydrogens is 216 g/mol. The fraction of sp³-hybridized carbons (Fsp3) is 0.462. The third kappa shape index (κ3) is 3.28. The molecule has 0 spiro atoms. The molecule has 2 N–H and O–H groups in total. The van der Waals surface area contributed by atoms with E-state index in [9.17, 15) is 4.79 Å². The molecular formula is C13H18N2O2. The number of hydrogen-bond acceptors (Lipinski definition) is 3. The van der Waals surface area contributed by atoms with E-state index >= 15 is 0 Å². The Hall–Kier alpha value is -1.39. The van der Waals surface area contributed by atoms with E-state index in [-0.39, 0.29) is 12.0 Å². The minimum absolute atomic E-state index is 0.0783. The molecule has 1 aliphatic heterocycles. The van der Waals surface area contributed by atoms with Gasteiger partial charge in [-0.15, -0.1) is 0 Å². The lowest BCUT2D eigenvalue weighted by Gasteiger charge is -2.22. The molecule has 1 aromatic rings. The molecule has 17 heavy (non-hydrogen) atoms. The highest BCUT2D eigenvalue weighted by Gasteiger charge is 2.21. The Balaban J connectivity index is 1.96. The standard InChI is InChI=1S/C13H18N2O2/c1-2-10-4-3-5-11(8-10)15-13(16)12-9-14-6-7-17-12/h3-5,8,12,14H,2,6-7,9H2,1H3,(H,15,16)/t12-/m0/s1. The largest absolute Gasteiger partial charge is 0.366 e. The lowest BCUT2D eigenvalue weighted by Crippen LogP contribution is -2.45. The normalized spacial score (nSPS) is 19.9. The fourth-order valence-electron chi connectivity index (χ4n) is 1.83. The summed E-state index contributed by atoms with van der Waals surface area (Å²) in [4.78, 5) is 11.9. The Kier molecular flexibility index (Phi) is 4.12. The second-order valence-electron chi connectivity index (χ2n) is 4.11. The number of benzene rings is 1. The second kappa shape index (κ2) is 5.80. The summed E-state index contributed by atoms with van der Waals surface area (Å²) in [5.41, 5.74) is 2.05. The molecule has 1 atom stereocenters. The molecule has 0 saturated carbocycles. The maximum Gasteiger partial charge on any atom is 0.254 e. The van der Waals surface area contributed by atoms with Gasteiger partial charge >= 0.3 is 0 Å². The molecule has 2 rings (SSSR count). The molecule has 1 amide bonds. The summed E-state index contributed by atoms with van der Waals surface area (Å²) >= 11 is 0. The molecule has 1 aromatic carbocycles. The van der Waals surface area contributed by atoms with Crippen LogP contribution in [0.4, 0.5) is 5.69 Å². The molecule has 92 valence electrons. The minimum Gasteiger partial charge on any atom is -0.366 e. The zero-order chi connectivity index (χ0) is 12.1. The van der Waals surface area contributed by atoms with Crippen LogP contribution in [-0.4, -0.2) is 31.7 Å². The van der Waals surface area contributed by atoms with E-state index in [0.29, 0.717) is 13.2 Å². The summed E-state index contributed by atoms with van der Waals surface area (Å²) < 4.78 is 5.39. The van der Waals surface area contributed by atoms with E-state index < -0.39 is 0 Å². The molecule has 1 fully saturated rings. The number of aryl methyl sites for hydroxylation is 1. The quantitative estimate of drug-likeness (QED) is 0.825. The average molecular weight is 234 g/mol. The van der Waals surface area contributed by atoms with E-state index in [1.54, 1.807) is 0 Å². The van der Waals surface area contributed by atoms with Crippen molar-refractivity contribution in [2.75, 3.05) is 25.0 Å². The second-order valence-corrected chi connectivity index (χ2v) is 4.11. The third-order valence-electron chi connectivity index (χ3n) is 2.82. The van der Waals surface area contributed by atoms with Crippen LogP contribution in [0.2, 0.25) is 0 Å². The number of carbonyl (C=O) groups excluding carboxylic acids is 1. The topological polar surface area (TPSA) is 50.4 Å². The van der Waals surface area contributed by atoms with Gasteiger partial charge in [-0.2, -0.15) is 0 Å². The first kappa shape index (κ1) is 12.1. The third-order valence-corrected chi connectivity index (χ3v) is 2.82. The maximum absolute atomic E-state index is 11.9. The molecule has 1 saturated heterocycles. The van der Waals surface area contributed by atoms with Gasteiger partial charge in [0.25, 0.3) is 5.91 Å². The SMILES string of the molecule is CCc1cccc(NC(=O)[C@@H]2CNCCO2)c1. The number of nitrogens with one attached hydrogen (secondary N) is 2. The maximum atomic E-state index is 11.9. The Morgan fingerprint density at radius 1 is 1.59 bits per heavy atom. The van der Waals surface area contributed by atoms with Gasteiger partial charge < -0.3 is 15.4 Å². The van der Waals surface area contributed by atoms with Crippen molar-refractivity contribution in [3.63, 3.8) is 0 Å². The summed E-state index contributed by atoms with van der Waals surface area (Å²) in [6, 6.07) is 7.89. The number of morpholine rings is 1. The van der Waals surface area contributed by atoms with Gasteiger partial charge in [-0.1, -0.05) is 19.1 Å². The van der Waals surface area contributed by atoms with Crippen molar-refractivity contribution in [2.24, 2.45) is 0 Å². The van der Waals surface area contributed by atoms with Crippen molar-refractivity contribution < 1.29 is 9.53 Å². The lowest BCUT2D eigenvalue weighted by molar-refractivity contribution is -0.128. The molecule has 0 radical (unpaired) electrons. The number of amides is 1. The van der Waals surface area contributed by atoms with Gasteiger partial charge in [0, 0.05) is 18.8 Å². The molecule has 4 nitrogen and oxygen atoms in total. The van der Waals surface area contributed by atoms with Crippen LogP contribution in [0, 0.1) is 0 Å². The number of anilines is 1. The van der Waals surface area contributed by atoms with Gasteiger partial charge in [0.2, 0.25) is 0 Å². The Morgan fingerprint density at radius 3 is 3.18 bits per heavy atom. The molecule has 0 aliphatic carbocycles. The van der Waals surface area contributed by atoms with E-state index in [2.05, 4.69) is 17.6 Å². The Morgan fingerprint density at radius 2 is 2.47 bits per heavy atom. The highest BCUT2D eigenvalue weighted by molar-refractivity contribution is 5.94. The smallest absolute Gasteiger partial charge is 0.254 e. The van der Waals surface area contributed by atoms with E-state index in [0.717, 1.165) is 18.7 Å². The van der Waals surface area contributed by atoms with Crippen LogP contribution in [0.15, 0.2) is 24.3 Å². The van der Waals surface area contributed by atoms with Crippen molar-refractivity contribution in [1.82, 2.24) is 5.32 Å². The Labute approximate surface area is 101 Å². The number of carbonyl (C=O) groups is 1. The van der Waals surface area contributed by atoms with Crippen molar-refractivity contribution >= 4 is 11.6 Å². The molecule has 0 bridgehead atoms. The first-order valence-corrected chi connectivity index (χ1v) is 6.01. The summed E-state index contributed by atoms with van der Waals surface area (Å²) in [6.07, 6.45) is 0.583. The van der Waals surface area contributed by atoms with Crippen LogP contribution in [-0.2, 0) is 16.0 Å². The van der Waals surface area contributed by atoms with Crippen LogP contribution < -0.4 is 10.6 Å². The van der Waals surface area contributed by atoms with Crippen molar-refractivity contribution in [3.8, 4) is 0 Å². The molecule has 4 heteroatoms. The summed E-state index contributed by atoms with van der Waals surface area (Å²) in [7, 11) is 0. The predicted octanol–water partition coefficient (Wildman–Crippen LogP) is 1.18. The van der Waals surface area contributed by atoms with Gasteiger partial charge in [0.15, 0.2) is 0 Å². The van der Waals surface area contributed by atoms with E-state index in [1.807, 2.05) is 24.3 Å². The lowest BCUT2D eigenvalue weighted by atomic mass is 10.1. The zero-order valence-electron chi connectivity index (χ0n) is 10.0. The van der Waals surface area contributed by atoms with Crippen molar-refractivity contribution in [3.05, 3.63) is 29.8 Å². The fourth-order valence-corrected chi connectivity index (χ4v) is 1.83. The molecule has 0 unspecified atom stereocenters. The highest BCUT2D eigenvalue weighted by atomic mass is 16.5. The Bertz CT molecular complexity index is 387. The molecule has 1 aliphatic rings. The first-order valence-electron chi connectivity index (χ1n) is 6.01. The first-order chi connectivity index (χ1) is 8.29. The van der Waals surface area contributed by atoms with Gasteiger partial charge in [-0.3, -0.25) is 4.79 Å².